The maximum Gasteiger partial charge on any atom is 0.239 e. The van der Waals surface area contributed by atoms with E-state index in [-0.39, 0.29) is 5.91 Å². The van der Waals surface area contributed by atoms with Crippen LogP contribution in [0.2, 0.25) is 0 Å². The quantitative estimate of drug-likeness (QED) is 0.884. The minimum atomic E-state index is 0.101. The van der Waals surface area contributed by atoms with E-state index < -0.39 is 0 Å². The summed E-state index contributed by atoms with van der Waals surface area (Å²) in [4.78, 5) is 13.8. The summed E-state index contributed by atoms with van der Waals surface area (Å²) in [5, 5.41) is 6.31. The summed E-state index contributed by atoms with van der Waals surface area (Å²) in [5.41, 5.74) is 2.34. The Labute approximate surface area is 129 Å². The van der Waals surface area contributed by atoms with E-state index in [9.17, 15) is 4.79 Å². The van der Waals surface area contributed by atoms with Crippen LogP contribution in [0.4, 0.5) is 5.69 Å². The van der Waals surface area contributed by atoms with Crippen LogP contribution in [0.5, 0.6) is 0 Å². The highest BCUT2D eigenvalue weighted by atomic mass is 79.9. The third-order valence-electron chi connectivity index (χ3n) is 3.36. The second kappa shape index (κ2) is 7.09. The summed E-state index contributed by atoms with van der Waals surface area (Å²) in [6.45, 7) is 7.24. The average Bonchev–Trinajstić information content (AvgIpc) is 2.62. The van der Waals surface area contributed by atoms with Crippen molar-refractivity contribution >= 4 is 27.5 Å². The summed E-state index contributed by atoms with van der Waals surface area (Å²) >= 11 is 3.63. The second-order valence-corrected chi connectivity index (χ2v) is 6.29. The lowest BCUT2D eigenvalue weighted by atomic mass is 10.1. The number of carbonyl (C=O) groups is 1. The second-order valence-electron chi connectivity index (χ2n) is 5.44. The number of amides is 1. The van der Waals surface area contributed by atoms with Crippen molar-refractivity contribution in [1.29, 1.82) is 0 Å². The lowest BCUT2D eigenvalue weighted by Gasteiger charge is -2.22. The molecule has 1 fully saturated rings. The molecule has 4 nitrogen and oxygen atoms in total. The van der Waals surface area contributed by atoms with Crippen molar-refractivity contribution in [2.24, 2.45) is 0 Å². The van der Waals surface area contributed by atoms with Crippen molar-refractivity contribution in [1.82, 2.24) is 10.6 Å². The molecular formula is C15H22BrN3O. The van der Waals surface area contributed by atoms with E-state index in [2.05, 4.69) is 63.5 Å². The predicted octanol–water partition coefficient (Wildman–Crippen LogP) is 2.27. The first-order valence-corrected chi connectivity index (χ1v) is 7.89. The number of benzene rings is 1. The molecule has 1 aliphatic heterocycles. The van der Waals surface area contributed by atoms with Gasteiger partial charge >= 0.3 is 0 Å². The molecule has 0 radical (unpaired) electrons. The lowest BCUT2D eigenvalue weighted by Crippen LogP contribution is -2.33. The number of nitrogens with one attached hydrogen (secondary N) is 2. The zero-order chi connectivity index (χ0) is 14.5. The SMILES string of the molecule is CC(C)NCc1ccc(N2CCCNC(=O)C2)cc1Br. The molecule has 1 heterocycles. The Bertz CT molecular complexity index is 476. The molecule has 0 unspecified atom stereocenters. The lowest BCUT2D eigenvalue weighted by molar-refractivity contribution is -0.119. The van der Waals surface area contributed by atoms with Gasteiger partial charge < -0.3 is 15.5 Å². The van der Waals surface area contributed by atoms with Crippen LogP contribution in [0.1, 0.15) is 25.8 Å². The number of halogens is 1. The highest BCUT2D eigenvalue weighted by Gasteiger charge is 2.15. The van der Waals surface area contributed by atoms with E-state index in [4.69, 9.17) is 0 Å². The zero-order valence-electron chi connectivity index (χ0n) is 12.1. The number of carbonyl (C=O) groups excluding carboxylic acids is 1. The minimum absolute atomic E-state index is 0.101. The first-order valence-electron chi connectivity index (χ1n) is 7.09. The first-order chi connectivity index (χ1) is 9.56. The van der Waals surface area contributed by atoms with E-state index >= 15 is 0 Å². The molecule has 2 N–H and O–H groups in total. The normalized spacial score (nSPS) is 16.2. The van der Waals surface area contributed by atoms with Crippen molar-refractivity contribution < 1.29 is 4.79 Å². The third kappa shape index (κ3) is 4.21. The van der Waals surface area contributed by atoms with Gasteiger partial charge in [0.05, 0.1) is 6.54 Å². The van der Waals surface area contributed by atoms with Gasteiger partial charge in [0.25, 0.3) is 0 Å². The van der Waals surface area contributed by atoms with Crippen LogP contribution in [-0.4, -0.2) is 31.6 Å². The maximum atomic E-state index is 11.6. The number of anilines is 1. The summed E-state index contributed by atoms with van der Waals surface area (Å²) in [7, 11) is 0. The zero-order valence-corrected chi connectivity index (χ0v) is 13.7. The molecular weight excluding hydrogens is 318 g/mol. The summed E-state index contributed by atoms with van der Waals surface area (Å²) in [6.07, 6.45) is 0.986. The van der Waals surface area contributed by atoms with Crippen molar-refractivity contribution in [3.63, 3.8) is 0 Å². The molecule has 2 rings (SSSR count). The maximum absolute atomic E-state index is 11.6. The predicted molar refractivity (Wildman–Crippen MR) is 86.0 cm³/mol. The Morgan fingerprint density at radius 3 is 2.95 bits per heavy atom. The Hall–Kier alpha value is -1.07. The van der Waals surface area contributed by atoms with Crippen molar-refractivity contribution in [3.8, 4) is 0 Å². The molecule has 20 heavy (non-hydrogen) atoms. The van der Waals surface area contributed by atoms with Gasteiger partial charge in [0, 0.05) is 35.8 Å². The number of rotatable bonds is 4. The molecule has 0 spiro atoms. The smallest absolute Gasteiger partial charge is 0.239 e. The molecule has 0 aliphatic carbocycles. The van der Waals surface area contributed by atoms with Crippen molar-refractivity contribution in [2.75, 3.05) is 24.5 Å². The first kappa shape index (κ1) is 15.3. The third-order valence-corrected chi connectivity index (χ3v) is 4.10. The Balaban J connectivity index is 2.09. The van der Waals surface area contributed by atoms with Crippen molar-refractivity contribution in [3.05, 3.63) is 28.2 Å². The van der Waals surface area contributed by atoms with E-state index in [1.54, 1.807) is 0 Å². The fraction of sp³-hybridized carbons (Fsp3) is 0.533. The number of hydrogen-bond donors (Lipinski definition) is 2. The van der Waals surface area contributed by atoms with Gasteiger partial charge in [-0.3, -0.25) is 4.79 Å². The Morgan fingerprint density at radius 1 is 1.45 bits per heavy atom. The van der Waals surface area contributed by atoms with Crippen LogP contribution in [0.15, 0.2) is 22.7 Å². The standard InChI is InChI=1S/C15H22BrN3O/c1-11(2)18-9-12-4-5-13(8-14(12)16)19-7-3-6-17-15(20)10-19/h4-5,8,11,18H,3,6-7,9-10H2,1-2H3,(H,17,20). The molecule has 110 valence electrons. The van der Waals surface area contributed by atoms with Gasteiger partial charge in [0.15, 0.2) is 0 Å². The van der Waals surface area contributed by atoms with Crippen LogP contribution in [0.3, 0.4) is 0 Å². The van der Waals surface area contributed by atoms with Crippen LogP contribution in [0, 0.1) is 0 Å². The van der Waals surface area contributed by atoms with E-state index in [0.29, 0.717) is 12.6 Å². The number of hydrogen-bond acceptors (Lipinski definition) is 3. The van der Waals surface area contributed by atoms with Gasteiger partial charge in [-0.25, -0.2) is 0 Å². The van der Waals surface area contributed by atoms with Gasteiger partial charge in [0.2, 0.25) is 5.91 Å². The topological polar surface area (TPSA) is 44.4 Å². The molecule has 1 saturated heterocycles. The largest absolute Gasteiger partial charge is 0.362 e. The van der Waals surface area contributed by atoms with E-state index in [1.807, 2.05) is 0 Å². The monoisotopic (exact) mass is 339 g/mol. The molecule has 0 atom stereocenters. The van der Waals surface area contributed by atoms with Gasteiger partial charge in [-0.15, -0.1) is 0 Å². The van der Waals surface area contributed by atoms with Gasteiger partial charge in [0.1, 0.15) is 0 Å². The van der Waals surface area contributed by atoms with E-state index in [1.165, 1.54) is 5.56 Å². The van der Waals surface area contributed by atoms with Crippen LogP contribution in [-0.2, 0) is 11.3 Å². The molecule has 0 bridgehead atoms. The molecule has 1 aromatic carbocycles. The summed E-state index contributed by atoms with van der Waals surface area (Å²) in [6, 6.07) is 6.80. The average molecular weight is 340 g/mol. The van der Waals surface area contributed by atoms with Crippen LogP contribution < -0.4 is 15.5 Å². The Morgan fingerprint density at radius 2 is 2.25 bits per heavy atom. The molecule has 5 heteroatoms. The number of nitrogens with zero attached hydrogens (tertiary/aromatic N) is 1. The molecule has 0 saturated carbocycles. The molecule has 0 aromatic heterocycles. The van der Waals surface area contributed by atoms with Crippen molar-refractivity contribution in [2.45, 2.75) is 32.9 Å². The van der Waals surface area contributed by atoms with Gasteiger partial charge in [-0.2, -0.15) is 0 Å². The fourth-order valence-corrected chi connectivity index (χ4v) is 2.72. The minimum Gasteiger partial charge on any atom is -0.362 e. The molecule has 1 amide bonds. The summed E-state index contributed by atoms with van der Waals surface area (Å²) in [5.74, 6) is 0.101. The van der Waals surface area contributed by atoms with Crippen LogP contribution in [0.25, 0.3) is 0 Å². The van der Waals surface area contributed by atoms with Gasteiger partial charge in [-0.1, -0.05) is 35.8 Å². The highest BCUT2D eigenvalue weighted by Crippen LogP contribution is 2.24. The fourth-order valence-electron chi connectivity index (χ4n) is 2.22. The summed E-state index contributed by atoms with van der Waals surface area (Å²) < 4.78 is 1.09. The van der Waals surface area contributed by atoms with Gasteiger partial charge in [-0.05, 0) is 24.1 Å². The molecule has 1 aliphatic rings. The van der Waals surface area contributed by atoms with Crippen LogP contribution >= 0.6 is 15.9 Å². The molecule has 1 aromatic rings. The Kier molecular flexibility index (Phi) is 5.43. The highest BCUT2D eigenvalue weighted by molar-refractivity contribution is 9.10. The van der Waals surface area contributed by atoms with E-state index in [0.717, 1.165) is 36.2 Å².